The van der Waals surface area contributed by atoms with Crippen LogP contribution in [0.15, 0.2) is 36.5 Å². The van der Waals surface area contributed by atoms with Crippen molar-refractivity contribution in [3.63, 3.8) is 0 Å². The average Bonchev–Trinajstić information content (AvgIpc) is 2.55. The monoisotopic (exact) mass is 317 g/mol. The van der Waals surface area contributed by atoms with Gasteiger partial charge in [-0.15, -0.1) is 0 Å². The Kier molecular flexibility index (Phi) is 4.87. The van der Waals surface area contributed by atoms with Gasteiger partial charge in [-0.25, -0.2) is 4.98 Å². The predicted molar refractivity (Wildman–Crippen MR) is 81.3 cm³/mol. The Morgan fingerprint density at radius 2 is 2.09 bits per heavy atom. The highest BCUT2D eigenvalue weighted by Gasteiger charge is 2.13. The smallest absolute Gasteiger partial charge is 0.271 e. The Morgan fingerprint density at radius 3 is 2.61 bits per heavy atom. The van der Waals surface area contributed by atoms with Gasteiger partial charge < -0.3 is 14.7 Å². The first kappa shape index (κ1) is 16.4. The van der Waals surface area contributed by atoms with Crippen molar-refractivity contribution in [2.75, 3.05) is 14.1 Å². The fourth-order valence-corrected chi connectivity index (χ4v) is 1.83. The van der Waals surface area contributed by atoms with E-state index < -0.39 is 11.5 Å². The molecule has 0 spiro atoms. The number of hydrogen-bond donors (Lipinski definition) is 1. The lowest BCUT2D eigenvalue weighted by Gasteiger charge is -2.11. The molecule has 0 aliphatic carbocycles. The maximum atomic E-state index is 11.7. The van der Waals surface area contributed by atoms with Crippen molar-refractivity contribution in [2.45, 2.75) is 6.61 Å². The van der Waals surface area contributed by atoms with Crippen LogP contribution in [0.2, 0.25) is 0 Å². The van der Waals surface area contributed by atoms with Crippen LogP contribution in [-0.2, 0) is 6.61 Å². The zero-order valence-electron chi connectivity index (χ0n) is 12.6. The Hall–Kier alpha value is -3.00. The number of nitro groups is 1. The lowest BCUT2D eigenvalue weighted by Crippen LogP contribution is -2.22. The Bertz CT molecular complexity index is 728. The van der Waals surface area contributed by atoms with E-state index in [-0.39, 0.29) is 28.6 Å². The van der Waals surface area contributed by atoms with E-state index in [0.717, 1.165) is 0 Å². The molecule has 2 aromatic rings. The van der Waals surface area contributed by atoms with Crippen LogP contribution in [0.3, 0.4) is 0 Å². The van der Waals surface area contributed by atoms with Crippen molar-refractivity contribution in [3.8, 4) is 11.5 Å². The summed E-state index contributed by atoms with van der Waals surface area (Å²) in [6.07, 6.45) is 1.37. The van der Waals surface area contributed by atoms with Crippen molar-refractivity contribution >= 4 is 11.6 Å². The summed E-state index contributed by atoms with van der Waals surface area (Å²) in [5.41, 5.74) is 0.424. The first-order chi connectivity index (χ1) is 10.9. The molecule has 120 valence electrons. The summed E-state index contributed by atoms with van der Waals surface area (Å²) in [4.78, 5) is 27.3. The van der Waals surface area contributed by atoms with Gasteiger partial charge in [0, 0.05) is 31.8 Å². The lowest BCUT2D eigenvalue weighted by atomic mass is 10.2. The van der Waals surface area contributed by atoms with Crippen LogP contribution < -0.4 is 4.74 Å². The summed E-state index contributed by atoms with van der Waals surface area (Å²) >= 11 is 0. The maximum Gasteiger partial charge on any atom is 0.271 e. The van der Waals surface area contributed by atoms with Crippen molar-refractivity contribution in [2.24, 2.45) is 0 Å². The SMILES string of the molecule is CN(C)C(=O)c1ccc(Oc2ccc([N+](=O)[O-])cc2CO)cn1. The van der Waals surface area contributed by atoms with Gasteiger partial charge in [-0.3, -0.25) is 14.9 Å². The third-order valence-electron chi connectivity index (χ3n) is 3.01. The number of ether oxygens (including phenoxy) is 1. The molecule has 0 fully saturated rings. The molecule has 0 aliphatic heterocycles. The average molecular weight is 317 g/mol. The summed E-state index contributed by atoms with van der Waals surface area (Å²) in [6, 6.07) is 7.01. The number of benzene rings is 1. The molecule has 1 heterocycles. The summed E-state index contributed by atoms with van der Waals surface area (Å²) in [5, 5.41) is 20.0. The van der Waals surface area contributed by atoms with E-state index in [2.05, 4.69) is 4.98 Å². The molecule has 0 aliphatic rings. The molecule has 0 atom stereocenters. The largest absolute Gasteiger partial charge is 0.455 e. The number of hydrogen-bond acceptors (Lipinski definition) is 6. The molecule has 0 saturated heterocycles. The molecule has 1 N–H and O–H groups in total. The highest BCUT2D eigenvalue weighted by molar-refractivity contribution is 5.91. The van der Waals surface area contributed by atoms with Gasteiger partial charge in [0.15, 0.2) is 0 Å². The Balaban J connectivity index is 2.22. The van der Waals surface area contributed by atoms with Gasteiger partial charge in [0.2, 0.25) is 0 Å². The Labute approximate surface area is 132 Å². The van der Waals surface area contributed by atoms with Gasteiger partial charge in [0.25, 0.3) is 11.6 Å². The molecule has 1 aromatic carbocycles. The van der Waals surface area contributed by atoms with Crippen LogP contribution in [0.5, 0.6) is 11.5 Å². The molecule has 8 nitrogen and oxygen atoms in total. The molecule has 2 rings (SSSR count). The van der Waals surface area contributed by atoms with E-state index in [4.69, 9.17) is 4.74 Å². The van der Waals surface area contributed by atoms with E-state index in [1.165, 1.54) is 35.4 Å². The second kappa shape index (κ2) is 6.84. The highest BCUT2D eigenvalue weighted by Crippen LogP contribution is 2.28. The van der Waals surface area contributed by atoms with E-state index in [0.29, 0.717) is 5.75 Å². The fraction of sp³-hybridized carbons (Fsp3) is 0.200. The van der Waals surface area contributed by atoms with Crippen molar-refractivity contribution in [1.82, 2.24) is 9.88 Å². The number of aromatic nitrogens is 1. The van der Waals surface area contributed by atoms with Crippen LogP contribution in [-0.4, -0.2) is 39.9 Å². The number of pyridine rings is 1. The molecule has 8 heteroatoms. The van der Waals surface area contributed by atoms with E-state index >= 15 is 0 Å². The number of aliphatic hydroxyl groups excluding tert-OH is 1. The van der Waals surface area contributed by atoms with Crippen molar-refractivity contribution in [3.05, 3.63) is 57.9 Å². The van der Waals surface area contributed by atoms with Gasteiger partial charge in [-0.05, 0) is 18.2 Å². The number of nitrogens with zero attached hydrogens (tertiary/aromatic N) is 3. The molecule has 1 amide bonds. The molecule has 0 bridgehead atoms. The van der Waals surface area contributed by atoms with Crippen LogP contribution in [0.25, 0.3) is 0 Å². The van der Waals surface area contributed by atoms with Gasteiger partial charge in [-0.2, -0.15) is 0 Å². The van der Waals surface area contributed by atoms with Gasteiger partial charge >= 0.3 is 0 Å². The molecule has 1 aromatic heterocycles. The van der Waals surface area contributed by atoms with Crippen molar-refractivity contribution < 1.29 is 19.6 Å². The highest BCUT2D eigenvalue weighted by atomic mass is 16.6. The topological polar surface area (TPSA) is 106 Å². The first-order valence-corrected chi connectivity index (χ1v) is 6.66. The molecule has 0 unspecified atom stereocenters. The zero-order chi connectivity index (χ0) is 17.0. The second-order valence-electron chi connectivity index (χ2n) is 4.89. The van der Waals surface area contributed by atoms with Crippen LogP contribution >= 0.6 is 0 Å². The van der Waals surface area contributed by atoms with Crippen molar-refractivity contribution in [1.29, 1.82) is 0 Å². The third-order valence-corrected chi connectivity index (χ3v) is 3.01. The zero-order valence-corrected chi connectivity index (χ0v) is 12.6. The van der Waals surface area contributed by atoms with Crippen LogP contribution in [0, 0.1) is 10.1 Å². The minimum atomic E-state index is -0.549. The van der Waals surface area contributed by atoms with E-state index in [1.54, 1.807) is 20.2 Å². The van der Waals surface area contributed by atoms with E-state index in [9.17, 15) is 20.0 Å². The fourth-order valence-electron chi connectivity index (χ4n) is 1.83. The number of carbonyl (C=O) groups is 1. The van der Waals surface area contributed by atoms with E-state index in [1.807, 2.05) is 0 Å². The quantitative estimate of drug-likeness (QED) is 0.667. The van der Waals surface area contributed by atoms with Gasteiger partial charge in [-0.1, -0.05) is 0 Å². The number of amides is 1. The summed E-state index contributed by atoms with van der Waals surface area (Å²) < 4.78 is 5.56. The van der Waals surface area contributed by atoms with Gasteiger partial charge in [0.05, 0.1) is 17.7 Å². The second-order valence-corrected chi connectivity index (χ2v) is 4.89. The van der Waals surface area contributed by atoms with Gasteiger partial charge in [0.1, 0.15) is 17.2 Å². The molecular weight excluding hydrogens is 302 g/mol. The maximum absolute atomic E-state index is 11.7. The lowest BCUT2D eigenvalue weighted by molar-refractivity contribution is -0.385. The summed E-state index contributed by atoms with van der Waals surface area (Å²) in [5.74, 6) is 0.401. The summed E-state index contributed by atoms with van der Waals surface area (Å²) in [7, 11) is 3.25. The minimum Gasteiger partial charge on any atom is -0.455 e. The molecule has 23 heavy (non-hydrogen) atoms. The normalized spacial score (nSPS) is 10.2. The number of non-ortho nitro benzene ring substituents is 1. The number of aliphatic hydroxyl groups is 1. The van der Waals surface area contributed by atoms with Crippen LogP contribution in [0.4, 0.5) is 5.69 Å². The number of rotatable bonds is 5. The molecule has 0 radical (unpaired) electrons. The first-order valence-electron chi connectivity index (χ1n) is 6.66. The number of nitro benzene ring substituents is 1. The van der Waals surface area contributed by atoms with Crippen LogP contribution in [0.1, 0.15) is 16.1 Å². The molecule has 0 saturated carbocycles. The standard InChI is InChI=1S/C15H15N3O5/c1-17(2)15(20)13-5-4-12(8-16-13)23-14-6-3-11(18(21)22)7-10(14)9-19/h3-8,19H,9H2,1-2H3. The summed E-state index contributed by atoms with van der Waals surface area (Å²) in [6.45, 7) is -0.401. The minimum absolute atomic E-state index is 0.133. The Morgan fingerprint density at radius 1 is 1.35 bits per heavy atom. The number of carbonyl (C=O) groups excluding carboxylic acids is 1. The molecular formula is C15H15N3O5. The predicted octanol–water partition coefficient (Wildman–Crippen LogP) is 1.98. The third kappa shape index (κ3) is 3.80.